The number of nitriles is 1. The number of nitrogens with zero attached hydrogens (tertiary/aromatic N) is 1. The van der Waals surface area contributed by atoms with Gasteiger partial charge in [0.05, 0.1) is 11.1 Å². The highest BCUT2D eigenvalue weighted by Crippen LogP contribution is 2.16. The van der Waals surface area contributed by atoms with Crippen LogP contribution in [0.25, 0.3) is 0 Å². The Hall–Kier alpha value is -2.15. The van der Waals surface area contributed by atoms with Gasteiger partial charge in [-0.1, -0.05) is 6.07 Å². The molecule has 0 saturated carbocycles. The molecule has 0 bridgehead atoms. The van der Waals surface area contributed by atoms with Crippen molar-refractivity contribution in [2.24, 2.45) is 0 Å². The molecule has 0 amide bonds. The number of benzene rings is 1. The largest absolute Gasteiger partial charge is 0.478 e. The normalized spacial score (nSPS) is 9.14. The van der Waals surface area contributed by atoms with Gasteiger partial charge in [0, 0.05) is 5.56 Å². The summed E-state index contributed by atoms with van der Waals surface area (Å²) in [4.78, 5) is 21.5. The van der Waals surface area contributed by atoms with Gasteiger partial charge >= 0.3 is 5.97 Å². The molecule has 14 heavy (non-hydrogen) atoms. The Bertz CT molecular complexity index is 443. The minimum absolute atomic E-state index is 0.00481. The Kier molecular flexibility index (Phi) is 2.63. The van der Waals surface area contributed by atoms with E-state index in [0.717, 1.165) is 0 Å². The molecule has 0 unspecified atom stereocenters. The van der Waals surface area contributed by atoms with E-state index in [1.54, 1.807) is 19.1 Å². The van der Waals surface area contributed by atoms with Crippen molar-refractivity contribution in [3.8, 4) is 6.07 Å². The molecule has 0 atom stereocenters. The average molecular weight is 189 g/mol. The molecule has 0 heterocycles. The van der Waals surface area contributed by atoms with Crippen molar-refractivity contribution < 1.29 is 14.7 Å². The van der Waals surface area contributed by atoms with E-state index in [1.807, 2.05) is 0 Å². The predicted octanol–water partition coefficient (Wildman–Crippen LogP) is 1.38. The topological polar surface area (TPSA) is 78.2 Å². The van der Waals surface area contributed by atoms with Gasteiger partial charge in [-0.15, -0.1) is 0 Å². The highest BCUT2D eigenvalue weighted by Gasteiger charge is 2.16. The fraction of sp³-hybridized carbons (Fsp3) is 0.100. The second-order valence-corrected chi connectivity index (χ2v) is 2.75. The Balaban J connectivity index is 3.62. The van der Waals surface area contributed by atoms with Crippen LogP contribution in [0, 0.1) is 18.3 Å². The van der Waals surface area contributed by atoms with E-state index in [9.17, 15) is 9.59 Å². The van der Waals surface area contributed by atoms with Crippen LogP contribution in [-0.2, 0) is 0 Å². The number of carbonyl (C=O) groups excluding carboxylic acids is 1. The molecule has 0 spiro atoms. The molecular weight excluding hydrogens is 182 g/mol. The molecule has 0 fully saturated rings. The van der Waals surface area contributed by atoms with Crippen molar-refractivity contribution in [2.75, 3.05) is 0 Å². The zero-order valence-electron chi connectivity index (χ0n) is 7.44. The summed E-state index contributed by atoms with van der Waals surface area (Å²) < 4.78 is 0. The van der Waals surface area contributed by atoms with Crippen molar-refractivity contribution >= 4 is 12.3 Å². The van der Waals surface area contributed by atoms with Crippen LogP contribution in [0.1, 0.15) is 31.8 Å². The molecule has 0 aliphatic rings. The monoisotopic (exact) mass is 189 g/mol. The molecule has 70 valence electrons. The van der Waals surface area contributed by atoms with Crippen LogP contribution in [0.3, 0.4) is 0 Å². The lowest BCUT2D eigenvalue weighted by Crippen LogP contribution is -2.06. The predicted molar refractivity (Wildman–Crippen MR) is 48.2 cm³/mol. The first-order valence-electron chi connectivity index (χ1n) is 3.84. The van der Waals surface area contributed by atoms with Gasteiger partial charge in [-0.2, -0.15) is 5.26 Å². The third-order valence-electron chi connectivity index (χ3n) is 1.92. The number of aryl methyl sites for hydroxylation is 1. The number of carboxylic acid groups (broad SMARTS) is 1. The van der Waals surface area contributed by atoms with Crippen molar-refractivity contribution in [1.82, 2.24) is 0 Å². The summed E-state index contributed by atoms with van der Waals surface area (Å²) in [6, 6.07) is 4.68. The first-order chi connectivity index (χ1) is 6.61. The van der Waals surface area contributed by atoms with E-state index in [2.05, 4.69) is 0 Å². The minimum Gasteiger partial charge on any atom is -0.478 e. The number of rotatable bonds is 2. The molecule has 0 saturated heterocycles. The molecule has 4 nitrogen and oxygen atoms in total. The molecule has 1 N–H and O–H groups in total. The molecular formula is C10H7NO3. The van der Waals surface area contributed by atoms with Crippen LogP contribution in [0.15, 0.2) is 12.1 Å². The van der Waals surface area contributed by atoms with E-state index in [0.29, 0.717) is 11.8 Å². The summed E-state index contributed by atoms with van der Waals surface area (Å²) in [6.07, 6.45) is 0.458. The van der Waals surface area contributed by atoms with E-state index in [4.69, 9.17) is 10.4 Å². The number of carboxylic acids is 1. The van der Waals surface area contributed by atoms with Gasteiger partial charge in [0.15, 0.2) is 6.29 Å². The van der Waals surface area contributed by atoms with E-state index in [1.165, 1.54) is 6.07 Å². The summed E-state index contributed by atoms with van der Waals surface area (Å²) in [5.41, 5.74) is 0.403. The molecule has 0 aromatic heterocycles. The lowest BCUT2D eigenvalue weighted by Gasteiger charge is -2.04. The van der Waals surface area contributed by atoms with Crippen LogP contribution in [0.5, 0.6) is 0 Å². The fourth-order valence-electron chi connectivity index (χ4n) is 1.20. The molecule has 1 aromatic carbocycles. The van der Waals surface area contributed by atoms with Crippen LogP contribution in [0.2, 0.25) is 0 Å². The van der Waals surface area contributed by atoms with Gasteiger partial charge in [0.1, 0.15) is 6.07 Å². The van der Waals surface area contributed by atoms with Gasteiger partial charge in [0.2, 0.25) is 0 Å². The maximum Gasteiger partial charge on any atom is 0.337 e. The molecule has 0 aliphatic heterocycles. The van der Waals surface area contributed by atoms with Crippen molar-refractivity contribution in [1.29, 1.82) is 5.26 Å². The quantitative estimate of drug-likeness (QED) is 0.713. The van der Waals surface area contributed by atoms with Crippen LogP contribution in [-0.4, -0.2) is 17.4 Å². The van der Waals surface area contributed by atoms with Gasteiger partial charge < -0.3 is 5.11 Å². The van der Waals surface area contributed by atoms with Gasteiger partial charge in [-0.05, 0) is 18.6 Å². The summed E-state index contributed by atoms with van der Waals surface area (Å²) in [6.45, 7) is 1.62. The fourth-order valence-corrected chi connectivity index (χ4v) is 1.20. The van der Waals surface area contributed by atoms with Crippen LogP contribution >= 0.6 is 0 Å². The standard InChI is InChI=1S/C10H7NO3/c1-6-2-3-7(4-11)9(10(13)14)8(6)5-12/h2-3,5H,1H3,(H,13,14). The molecule has 4 heteroatoms. The number of aromatic carboxylic acids is 1. The highest BCUT2D eigenvalue weighted by molar-refractivity contribution is 6.00. The lowest BCUT2D eigenvalue weighted by atomic mass is 9.98. The SMILES string of the molecule is Cc1ccc(C#N)c(C(=O)O)c1C=O. The van der Waals surface area contributed by atoms with E-state index < -0.39 is 5.97 Å². The van der Waals surface area contributed by atoms with Crippen LogP contribution in [0.4, 0.5) is 0 Å². The molecule has 0 radical (unpaired) electrons. The first-order valence-corrected chi connectivity index (χ1v) is 3.84. The Morgan fingerprint density at radius 2 is 2.21 bits per heavy atom. The number of carbonyl (C=O) groups is 2. The third-order valence-corrected chi connectivity index (χ3v) is 1.92. The van der Waals surface area contributed by atoms with Crippen molar-refractivity contribution in [3.05, 3.63) is 34.4 Å². The van der Waals surface area contributed by atoms with Crippen LogP contribution < -0.4 is 0 Å². The van der Waals surface area contributed by atoms with Crippen molar-refractivity contribution in [3.63, 3.8) is 0 Å². The third kappa shape index (κ3) is 1.48. The zero-order valence-corrected chi connectivity index (χ0v) is 7.44. The molecule has 1 aromatic rings. The average Bonchev–Trinajstić information content (AvgIpc) is 2.17. The maximum absolute atomic E-state index is 10.8. The smallest absolute Gasteiger partial charge is 0.337 e. The second kappa shape index (κ2) is 3.71. The minimum atomic E-state index is -1.26. The second-order valence-electron chi connectivity index (χ2n) is 2.75. The number of aldehydes is 1. The molecule has 1 rings (SSSR count). The van der Waals surface area contributed by atoms with Gasteiger partial charge in [-0.25, -0.2) is 4.79 Å². The summed E-state index contributed by atoms with van der Waals surface area (Å²) >= 11 is 0. The Morgan fingerprint density at radius 1 is 1.57 bits per heavy atom. The van der Waals surface area contributed by atoms with Gasteiger partial charge in [0.25, 0.3) is 0 Å². The highest BCUT2D eigenvalue weighted by atomic mass is 16.4. The first kappa shape index (κ1) is 9.93. The van der Waals surface area contributed by atoms with Gasteiger partial charge in [-0.3, -0.25) is 4.79 Å². The van der Waals surface area contributed by atoms with E-state index >= 15 is 0 Å². The number of hydrogen-bond donors (Lipinski definition) is 1. The lowest BCUT2D eigenvalue weighted by molar-refractivity contribution is 0.0693. The summed E-state index contributed by atoms with van der Waals surface area (Å²) in [5, 5.41) is 17.5. The number of hydrogen-bond acceptors (Lipinski definition) is 3. The Labute approximate surface area is 80.4 Å². The summed E-state index contributed by atoms with van der Waals surface area (Å²) in [7, 11) is 0. The maximum atomic E-state index is 10.8. The van der Waals surface area contributed by atoms with Crippen molar-refractivity contribution in [2.45, 2.75) is 6.92 Å². The summed E-state index contributed by atoms with van der Waals surface area (Å²) in [5.74, 6) is -1.26. The molecule has 0 aliphatic carbocycles. The van der Waals surface area contributed by atoms with E-state index in [-0.39, 0.29) is 16.7 Å². The Morgan fingerprint density at radius 3 is 2.64 bits per heavy atom. The zero-order chi connectivity index (χ0) is 10.7.